The number of esters is 2. The maximum absolute atomic E-state index is 13.4. The van der Waals surface area contributed by atoms with Gasteiger partial charge in [-0.25, -0.2) is 9.59 Å². The molecule has 0 spiro atoms. The van der Waals surface area contributed by atoms with E-state index in [1.165, 1.54) is 0 Å². The maximum Gasteiger partial charge on any atom is 0.338 e. The van der Waals surface area contributed by atoms with Crippen molar-refractivity contribution in [2.45, 2.75) is 101 Å². The van der Waals surface area contributed by atoms with E-state index in [9.17, 15) is 19.8 Å². The van der Waals surface area contributed by atoms with Crippen molar-refractivity contribution in [1.82, 2.24) is 19.9 Å². The summed E-state index contributed by atoms with van der Waals surface area (Å²) in [5.41, 5.74) is 6.09. The van der Waals surface area contributed by atoms with Crippen LogP contribution in [0, 0.1) is 0 Å². The molecule has 0 saturated heterocycles. The quantitative estimate of drug-likeness (QED) is 0.181. The van der Waals surface area contributed by atoms with Gasteiger partial charge in [-0.2, -0.15) is 0 Å². The van der Waals surface area contributed by atoms with E-state index in [-0.39, 0.29) is 23.9 Å². The van der Waals surface area contributed by atoms with Gasteiger partial charge in [0.05, 0.1) is 63.3 Å². The summed E-state index contributed by atoms with van der Waals surface area (Å²) in [6.45, 7) is 4.64. The van der Waals surface area contributed by atoms with Gasteiger partial charge in [0.15, 0.2) is 35.2 Å². The largest absolute Gasteiger partial charge is 0.493 e. The normalized spacial score (nSPS) is 23.8. The van der Waals surface area contributed by atoms with Gasteiger partial charge in [-0.05, 0) is 87.8 Å². The fraction of sp³-hybridized carbons (Fsp3) is 0.455. The molecule has 60 heavy (non-hydrogen) atoms. The van der Waals surface area contributed by atoms with Crippen molar-refractivity contribution in [1.29, 1.82) is 0 Å². The van der Waals surface area contributed by atoms with Gasteiger partial charge in [0.25, 0.3) is 0 Å². The summed E-state index contributed by atoms with van der Waals surface area (Å²) < 4.78 is 34.7. The zero-order valence-electron chi connectivity index (χ0n) is 33.9. The van der Waals surface area contributed by atoms with Crippen molar-refractivity contribution in [3.8, 4) is 23.0 Å². The minimum Gasteiger partial charge on any atom is -0.493 e. The van der Waals surface area contributed by atoms with Gasteiger partial charge in [0, 0.05) is 47.8 Å². The van der Waals surface area contributed by atoms with Gasteiger partial charge in [-0.15, -0.1) is 0 Å². The summed E-state index contributed by atoms with van der Waals surface area (Å²) >= 11 is 0. The molecular formula is C44H48N6O10. The number of aromatic nitrogens is 4. The standard InChI is InChI=1S/C44H48N6O10/c1-5-57-37-17-25-27-15-23(7-9-31(27)49-39(29(25)19-35(37)55-3)33-21-45-11-13-47-33)59-43(53)41(51)42(52)44(54)60-24-8-10-32-28(16-24)26-18-38(58-6-2)36(56-4)20-30(26)40(50-32)34-22-46-12-14-48-34/h11-14,17-24,27-28,31-32,41-42,51-52H,5-10,15-16H2,1-4H3/t23-,24-,27-,28-,31-,32-,41?,42?/m0/s1. The molecule has 16 heteroatoms. The third-order valence-electron chi connectivity index (χ3n) is 11.7. The molecule has 0 amide bonds. The van der Waals surface area contributed by atoms with E-state index in [1.807, 2.05) is 38.1 Å². The van der Waals surface area contributed by atoms with E-state index in [0.29, 0.717) is 97.5 Å². The van der Waals surface area contributed by atoms with Gasteiger partial charge in [0.2, 0.25) is 0 Å². The predicted octanol–water partition coefficient (Wildman–Crippen LogP) is 4.30. The van der Waals surface area contributed by atoms with E-state index < -0.39 is 36.4 Å². The number of aliphatic hydroxyl groups is 2. The Morgan fingerprint density at radius 2 is 1.07 bits per heavy atom. The molecule has 2 unspecified atom stereocenters. The highest BCUT2D eigenvalue weighted by Gasteiger charge is 2.43. The van der Waals surface area contributed by atoms with Crippen LogP contribution in [0.4, 0.5) is 0 Å². The summed E-state index contributed by atoms with van der Waals surface area (Å²) in [5, 5.41) is 21.9. The topological polar surface area (TPSA) is 206 Å². The number of hydrogen-bond acceptors (Lipinski definition) is 16. The number of fused-ring (bicyclic) bond motifs is 6. The number of carbonyl (C=O) groups excluding carboxylic acids is 2. The molecule has 8 rings (SSSR count). The molecule has 8 atom stereocenters. The van der Waals surface area contributed by atoms with E-state index in [1.54, 1.807) is 51.4 Å². The van der Waals surface area contributed by atoms with Crippen molar-refractivity contribution in [2.75, 3.05) is 27.4 Å². The molecule has 4 heterocycles. The summed E-state index contributed by atoms with van der Waals surface area (Å²) in [5.74, 6) is -0.326. The zero-order valence-corrected chi connectivity index (χ0v) is 33.9. The Morgan fingerprint density at radius 1 is 0.633 bits per heavy atom. The molecule has 2 aromatic carbocycles. The number of methoxy groups -OCH3 is 2. The molecule has 2 aliphatic heterocycles. The van der Waals surface area contributed by atoms with Crippen molar-refractivity contribution >= 4 is 23.4 Å². The molecule has 0 radical (unpaired) electrons. The van der Waals surface area contributed by atoms with Gasteiger partial charge in [-0.1, -0.05) is 0 Å². The fourth-order valence-electron chi connectivity index (χ4n) is 8.90. The van der Waals surface area contributed by atoms with Crippen LogP contribution >= 0.6 is 0 Å². The minimum absolute atomic E-state index is 0.152. The first kappa shape index (κ1) is 40.8. The Bertz CT molecular complexity index is 2120. The Labute approximate surface area is 347 Å². The molecule has 2 N–H and O–H groups in total. The Morgan fingerprint density at radius 3 is 1.43 bits per heavy atom. The molecule has 0 bridgehead atoms. The number of carbonyl (C=O) groups is 2. The van der Waals surface area contributed by atoms with Crippen LogP contribution in [0.15, 0.2) is 71.4 Å². The summed E-state index contributed by atoms with van der Waals surface area (Å²) in [6, 6.07) is 7.34. The molecule has 2 saturated carbocycles. The Kier molecular flexibility index (Phi) is 12.0. The maximum atomic E-state index is 13.4. The molecule has 314 valence electrons. The molecular weight excluding hydrogens is 773 g/mol. The number of aliphatic hydroxyl groups excluding tert-OH is 2. The lowest BCUT2D eigenvalue weighted by Gasteiger charge is -2.39. The highest BCUT2D eigenvalue weighted by molar-refractivity contribution is 6.14. The molecule has 4 aromatic rings. The van der Waals surface area contributed by atoms with Crippen LogP contribution in [-0.2, 0) is 19.1 Å². The van der Waals surface area contributed by atoms with Crippen LogP contribution in [0.1, 0.15) is 97.8 Å². The SMILES string of the molecule is CCOc1cc2c(cc1OC)C(c1cnccn1)=N[C@H]1CC[C@H](OC(=O)C(O)C(O)C(=O)O[C@H]3CC[C@@H]4N=C(c5cnccn5)c5cc(OC)c(OCC)cc5[C@@H]4C3)C[C@@H]21. The van der Waals surface area contributed by atoms with Crippen LogP contribution in [0.5, 0.6) is 23.0 Å². The van der Waals surface area contributed by atoms with Crippen LogP contribution in [0.2, 0.25) is 0 Å². The Hall–Kier alpha value is -6.00. The summed E-state index contributed by atoms with van der Waals surface area (Å²) in [6.07, 6.45) is 7.02. The zero-order chi connectivity index (χ0) is 41.9. The summed E-state index contributed by atoms with van der Waals surface area (Å²) in [7, 11) is 3.15. The summed E-state index contributed by atoms with van der Waals surface area (Å²) in [4.78, 5) is 54.4. The average molecular weight is 821 g/mol. The lowest BCUT2D eigenvalue weighted by Crippen LogP contribution is -2.45. The average Bonchev–Trinajstić information content (AvgIpc) is 3.28. The second-order valence-corrected chi connectivity index (χ2v) is 15.2. The predicted molar refractivity (Wildman–Crippen MR) is 216 cm³/mol. The second-order valence-electron chi connectivity index (χ2n) is 15.2. The first-order chi connectivity index (χ1) is 29.2. The molecule has 2 fully saturated rings. The molecule has 2 aromatic heterocycles. The lowest BCUT2D eigenvalue weighted by molar-refractivity contribution is -0.180. The molecule has 2 aliphatic carbocycles. The van der Waals surface area contributed by atoms with E-state index >= 15 is 0 Å². The number of benzene rings is 2. The second kappa shape index (κ2) is 17.7. The first-order valence-corrected chi connectivity index (χ1v) is 20.4. The highest BCUT2D eigenvalue weighted by atomic mass is 16.6. The minimum atomic E-state index is -2.16. The number of nitrogens with zero attached hydrogens (tertiary/aromatic N) is 6. The Balaban J connectivity index is 0.944. The highest BCUT2D eigenvalue weighted by Crippen LogP contribution is 2.47. The fourth-order valence-corrected chi connectivity index (χ4v) is 8.90. The third-order valence-corrected chi connectivity index (χ3v) is 11.7. The monoisotopic (exact) mass is 820 g/mol. The van der Waals surface area contributed by atoms with Crippen molar-refractivity contribution < 1.29 is 48.2 Å². The lowest BCUT2D eigenvalue weighted by atomic mass is 9.74. The van der Waals surface area contributed by atoms with Gasteiger partial charge in [-0.3, -0.25) is 29.9 Å². The van der Waals surface area contributed by atoms with Crippen LogP contribution in [-0.4, -0.2) is 117 Å². The van der Waals surface area contributed by atoms with E-state index in [2.05, 4.69) is 19.9 Å². The van der Waals surface area contributed by atoms with E-state index in [0.717, 1.165) is 22.3 Å². The van der Waals surface area contributed by atoms with Crippen LogP contribution < -0.4 is 18.9 Å². The van der Waals surface area contributed by atoms with Gasteiger partial charge >= 0.3 is 11.9 Å². The number of ether oxygens (including phenoxy) is 6. The number of aliphatic imine (C=N–C) groups is 2. The van der Waals surface area contributed by atoms with Crippen molar-refractivity contribution in [3.63, 3.8) is 0 Å². The number of hydrogen-bond donors (Lipinski definition) is 2. The van der Waals surface area contributed by atoms with Crippen molar-refractivity contribution in [2.24, 2.45) is 9.98 Å². The van der Waals surface area contributed by atoms with Crippen LogP contribution in [0.25, 0.3) is 0 Å². The van der Waals surface area contributed by atoms with Crippen LogP contribution in [0.3, 0.4) is 0 Å². The molecule has 4 aliphatic rings. The van der Waals surface area contributed by atoms with Gasteiger partial charge in [0.1, 0.15) is 23.6 Å². The van der Waals surface area contributed by atoms with Crippen molar-refractivity contribution in [3.05, 3.63) is 95.1 Å². The van der Waals surface area contributed by atoms with E-state index in [4.69, 9.17) is 38.4 Å². The number of rotatable bonds is 13. The smallest absolute Gasteiger partial charge is 0.338 e. The first-order valence-electron chi connectivity index (χ1n) is 20.4. The third kappa shape index (κ3) is 8.00. The molecule has 16 nitrogen and oxygen atoms in total. The van der Waals surface area contributed by atoms with Gasteiger partial charge < -0.3 is 38.6 Å².